The van der Waals surface area contributed by atoms with Crippen molar-refractivity contribution in [3.05, 3.63) is 11.7 Å². The van der Waals surface area contributed by atoms with E-state index in [0.717, 1.165) is 19.3 Å². The van der Waals surface area contributed by atoms with Gasteiger partial charge in [0, 0.05) is 31.5 Å². The van der Waals surface area contributed by atoms with Crippen LogP contribution in [0.4, 0.5) is 0 Å². The predicted molar refractivity (Wildman–Crippen MR) is 91.5 cm³/mol. The molecule has 1 amide bonds. The number of hydrogen-bond acceptors (Lipinski definition) is 6. The maximum atomic E-state index is 12.8. The van der Waals surface area contributed by atoms with Gasteiger partial charge >= 0.3 is 0 Å². The van der Waals surface area contributed by atoms with Gasteiger partial charge in [0.25, 0.3) is 0 Å². The van der Waals surface area contributed by atoms with Crippen LogP contribution in [0.15, 0.2) is 4.52 Å². The van der Waals surface area contributed by atoms with E-state index in [0.29, 0.717) is 37.8 Å². The van der Waals surface area contributed by atoms with Gasteiger partial charge in [0.05, 0.1) is 6.26 Å². The average Bonchev–Trinajstić information content (AvgIpc) is 3.23. The number of nitrogens with zero attached hydrogens (tertiary/aromatic N) is 4. The summed E-state index contributed by atoms with van der Waals surface area (Å²) in [6, 6.07) is -0.539. The lowest BCUT2D eigenvalue weighted by molar-refractivity contribution is -0.135. The molecule has 2 fully saturated rings. The first-order chi connectivity index (χ1) is 11.8. The number of aromatic nitrogens is 2. The van der Waals surface area contributed by atoms with Crippen LogP contribution >= 0.6 is 0 Å². The van der Waals surface area contributed by atoms with E-state index in [-0.39, 0.29) is 17.7 Å². The van der Waals surface area contributed by atoms with E-state index in [2.05, 4.69) is 10.1 Å². The summed E-state index contributed by atoms with van der Waals surface area (Å²) < 4.78 is 30.4. The normalized spacial score (nSPS) is 23.5. The molecule has 0 aliphatic carbocycles. The molecule has 0 unspecified atom stereocenters. The van der Waals surface area contributed by atoms with Gasteiger partial charge < -0.3 is 9.42 Å². The Bertz CT molecular complexity index is 722. The monoisotopic (exact) mass is 370 g/mol. The zero-order chi connectivity index (χ0) is 18.2. The van der Waals surface area contributed by atoms with Gasteiger partial charge in [0.1, 0.15) is 6.04 Å². The highest BCUT2D eigenvalue weighted by molar-refractivity contribution is 7.88. The third-order valence-corrected chi connectivity index (χ3v) is 6.33. The summed E-state index contributed by atoms with van der Waals surface area (Å²) in [4.78, 5) is 19.0. The second-order valence-corrected chi connectivity index (χ2v) is 9.21. The molecule has 9 heteroatoms. The van der Waals surface area contributed by atoms with Gasteiger partial charge in [-0.15, -0.1) is 0 Å². The summed E-state index contributed by atoms with van der Waals surface area (Å²) in [7, 11) is -3.34. The molecule has 0 saturated carbocycles. The second kappa shape index (κ2) is 7.03. The van der Waals surface area contributed by atoms with Gasteiger partial charge in [-0.25, -0.2) is 8.42 Å². The third-order valence-electron chi connectivity index (χ3n) is 5.04. The fourth-order valence-electron chi connectivity index (χ4n) is 3.59. The number of carbonyl (C=O) groups is 1. The minimum absolute atomic E-state index is 0.0743. The van der Waals surface area contributed by atoms with Gasteiger partial charge in [-0.3, -0.25) is 4.79 Å². The molecule has 25 heavy (non-hydrogen) atoms. The van der Waals surface area contributed by atoms with Gasteiger partial charge in [-0.05, 0) is 25.7 Å². The van der Waals surface area contributed by atoms with Crippen molar-refractivity contribution in [1.82, 2.24) is 19.3 Å². The SMILES string of the molecule is CC(C)c1noc(C2CCN(C(=O)[C@@H]3CCCN3S(C)(=O)=O)CC2)n1. The quantitative estimate of drug-likeness (QED) is 0.793. The topological polar surface area (TPSA) is 96.6 Å². The van der Waals surface area contributed by atoms with Crippen LogP contribution in [0.5, 0.6) is 0 Å². The Hall–Kier alpha value is -1.48. The lowest BCUT2D eigenvalue weighted by Crippen LogP contribution is -2.49. The second-order valence-electron chi connectivity index (χ2n) is 7.28. The number of likely N-dealkylation sites (tertiary alicyclic amines) is 1. The highest BCUT2D eigenvalue weighted by atomic mass is 32.2. The van der Waals surface area contributed by atoms with E-state index in [9.17, 15) is 13.2 Å². The van der Waals surface area contributed by atoms with E-state index in [4.69, 9.17) is 4.52 Å². The molecule has 2 aliphatic heterocycles. The summed E-state index contributed by atoms with van der Waals surface area (Å²) >= 11 is 0. The van der Waals surface area contributed by atoms with E-state index >= 15 is 0 Å². The summed E-state index contributed by atoms with van der Waals surface area (Å²) in [5, 5.41) is 4.01. The molecule has 8 nitrogen and oxygen atoms in total. The van der Waals surface area contributed by atoms with Gasteiger partial charge in [0.2, 0.25) is 21.8 Å². The maximum Gasteiger partial charge on any atom is 0.241 e. The number of rotatable bonds is 4. The molecule has 3 heterocycles. The number of hydrogen-bond donors (Lipinski definition) is 0. The molecule has 0 N–H and O–H groups in total. The molecular formula is C16H26N4O4S. The van der Waals surface area contributed by atoms with Crippen molar-refractivity contribution in [1.29, 1.82) is 0 Å². The zero-order valence-corrected chi connectivity index (χ0v) is 15.8. The fraction of sp³-hybridized carbons (Fsp3) is 0.812. The largest absolute Gasteiger partial charge is 0.341 e. The summed E-state index contributed by atoms with van der Waals surface area (Å²) in [6.45, 7) is 5.66. The Labute approximate surface area is 148 Å². The van der Waals surface area contributed by atoms with Crippen LogP contribution in [0.25, 0.3) is 0 Å². The Kier molecular flexibility index (Phi) is 5.15. The summed E-state index contributed by atoms with van der Waals surface area (Å²) in [5.74, 6) is 1.68. The number of sulfonamides is 1. The van der Waals surface area contributed by atoms with E-state index < -0.39 is 16.1 Å². The van der Waals surface area contributed by atoms with Crippen LogP contribution < -0.4 is 0 Å². The molecule has 1 atom stereocenters. The van der Waals surface area contributed by atoms with E-state index in [1.807, 2.05) is 13.8 Å². The summed E-state index contributed by atoms with van der Waals surface area (Å²) in [5.41, 5.74) is 0. The molecule has 3 rings (SSSR count). The summed E-state index contributed by atoms with van der Waals surface area (Å²) in [6.07, 6.45) is 4.04. The number of amides is 1. The lowest BCUT2D eigenvalue weighted by atomic mass is 9.96. The van der Waals surface area contributed by atoms with Crippen molar-refractivity contribution < 1.29 is 17.7 Å². The van der Waals surface area contributed by atoms with Crippen molar-refractivity contribution in [2.24, 2.45) is 0 Å². The first-order valence-corrected chi connectivity index (χ1v) is 10.7. The maximum absolute atomic E-state index is 12.8. The molecule has 1 aromatic rings. The minimum atomic E-state index is -3.34. The molecule has 1 aromatic heterocycles. The first kappa shape index (κ1) is 18.3. The van der Waals surface area contributed by atoms with Crippen LogP contribution in [0, 0.1) is 0 Å². The Balaban J connectivity index is 1.61. The average molecular weight is 370 g/mol. The van der Waals surface area contributed by atoms with Crippen molar-refractivity contribution in [2.75, 3.05) is 25.9 Å². The van der Waals surface area contributed by atoms with E-state index in [1.165, 1.54) is 10.6 Å². The van der Waals surface area contributed by atoms with Gasteiger partial charge in [0.15, 0.2) is 5.82 Å². The van der Waals surface area contributed by atoms with Crippen molar-refractivity contribution >= 4 is 15.9 Å². The molecule has 0 aromatic carbocycles. The fourth-order valence-corrected chi connectivity index (χ4v) is 4.71. The highest BCUT2D eigenvalue weighted by Crippen LogP contribution is 2.30. The molecule has 0 radical (unpaired) electrons. The zero-order valence-electron chi connectivity index (χ0n) is 15.0. The van der Waals surface area contributed by atoms with Gasteiger partial charge in [-0.2, -0.15) is 9.29 Å². The molecule has 2 aliphatic rings. The van der Waals surface area contributed by atoms with Crippen LogP contribution in [0.2, 0.25) is 0 Å². The van der Waals surface area contributed by atoms with Crippen molar-refractivity contribution in [3.63, 3.8) is 0 Å². The van der Waals surface area contributed by atoms with Gasteiger partial charge in [-0.1, -0.05) is 19.0 Å². The Morgan fingerprint density at radius 2 is 1.88 bits per heavy atom. The lowest BCUT2D eigenvalue weighted by Gasteiger charge is -2.34. The Morgan fingerprint density at radius 3 is 2.44 bits per heavy atom. The van der Waals surface area contributed by atoms with Crippen molar-refractivity contribution in [2.45, 2.75) is 57.4 Å². The number of piperidine rings is 1. The molecule has 0 spiro atoms. The minimum Gasteiger partial charge on any atom is -0.341 e. The van der Waals surface area contributed by atoms with Crippen LogP contribution in [0.3, 0.4) is 0 Å². The third kappa shape index (κ3) is 3.87. The molecular weight excluding hydrogens is 344 g/mol. The van der Waals surface area contributed by atoms with Crippen LogP contribution in [-0.2, 0) is 14.8 Å². The first-order valence-electron chi connectivity index (χ1n) is 8.86. The molecule has 140 valence electrons. The predicted octanol–water partition coefficient (Wildman–Crippen LogP) is 1.32. The van der Waals surface area contributed by atoms with E-state index in [1.54, 1.807) is 4.90 Å². The smallest absolute Gasteiger partial charge is 0.241 e. The molecule has 0 bridgehead atoms. The van der Waals surface area contributed by atoms with Crippen LogP contribution in [-0.4, -0.2) is 65.6 Å². The standard InChI is InChI=1S/C16H26N4O4S/c1-11(2)14-17-15(24-18-14)12-6-9-19(10-7-12)16(21)13-5-4-8-20(13)25(3,22)23/h11-13H,4-10H2,1-3H3/t13-/m0/s1. The van der Waals surface area contributed by atoms with Crippen LogP contribution in [0.1, 0.15) is 63.1 Å². The molecule has 2 saturated heterocycles. The number of carbonyl (C=O) groups excluding carboxylic acids is 1. The highest BCUT2D eigenvalue weighted by Gasteiger charge is 2.39. The Morgan fingerprint density at radius 1 is 1.20 bits per heavy atom. The van der Waals surface area contributed by atoms with Crippen molar-refractivity contribution in [3.8, 4) is 0 Å².